The van der Waals surface area contributed by atoms with E-state index >= 15 is 0 Å². The van der Waals surface area contributed by atoms with Crippen LogP contribution in [0.3, 0.4) is 0 Å². The summed E-state index contributed by atoms with van der Waals surface area (Å²) in [5, 5.41) is 12.0. The van der Waals surface area contributed by atoms with Crippen LogP contribution in [-0.4, -0.2) is 38.0 Å². The van der Waals surface area contributed by atoms with Gasteiger partial charge < -0.3 is 10.4 Å². The largest absolute Gasteiger partial charge is 0.480 e. The van der Waals surface area contributed by atoms with Gasteiger partial charge in [-0.3, -0.25) is 4.79 Å². The van der Waals surface area contributed by atoms with Crippen LogP contribution in [-0.2, 0) is 4.79 Å². The first-order valence-corrected chi connectivity index (χ1v) is 7.13. The zero-order valence-corrected chi connectivity index (χ0v) is 12.3. The van der Waals surface area contributed by atoms with Crippen molar-refractivity contribution >= 4 is 23.2 Å². The molecule has 0 saturated heterocycles. The summed E-state index contributed by atoms with van der Waals surface area (Å²) >= 11 is 1.14. The van der Waals surface area contributed by atoms with Crippen molar-refractivity contribution in [3.63, 3.8) is 0 Å². The lowest BCUT2D eigenvalue weighted by molar-refractivity contribution is -0.139. The summed E-state index contributed by atoms with van der Waals surface area (Å²) in [6.07, 6.45) is 3.50. The molecule has 0 spiro atoms. The highest BCUT2D eigenvalue weighted by molar-refractivity contribution is 7.17. The second-order valence-electron chi connectivity index (χ2n) is 4.28. The Morgan fingerprint density at radius 1 is 1.38 bits per heavy atom. The Bertz CT molecular complexity index is 657. The van der Waals surface area contributed by atoms with Crippen LogP contribution in [0.1, 0.15) is 28.7 Å². The fraction of sp³-hybridized carbons (Fsp3) is 0.308. The highest BCUT2D eigenvalue weighted by atomic mass is 32.1. The average Bonchev–Trinajstić information content (AvgIpc) is 2.87. The molecule has 7 nitrogen and oxygen atoms in total. The minimum Gasteiger partial charge on any atom is -0.480 e. The van der Waals surface area contributed by atoms with E-state index in [1.807, 2.05) is 0 Å². The molecule has 2 heterocycles. The summed E-state index contributed by atoms with van der Waals surface area (Å²) in [6.45, 7) is 3.39. The lowest BCUT2D eigenvalue weighted by Crippen LogP contribution is -2.40. The Morgan fingerprint density at radius 2 is 2.05 bits per heavy atom. The molecule has 21 heavy (non-hydrogen) atoms. The molecule has 0 radical (unpaired) electrons. The fourth-order valence-corrected chi connectivity index (χ4v) is 2.59. The molecule has 0 aliphatic heterocycles. The number of carbonyl (C=O) groups is 2. The number of carboxylic acid groups (broad SMARTS) is 1. The molecule has 0 bridgehead atoms. The van der Waals surface area contributed by atoms with Gasteiger partial charge in [0.15, 0.2) is 10.8 Å². The quantitative estimate of drug-likeness (QED) is 0.867. The lowest BCUT2D eigenvalue weighted by atomic mass is 10.2. The smallest absolute Gasteiger partial charge is 0.326 e. The van der Waals surface area contributed by atoms with E-state index in [0.717, 1.165) is 11.3 Å². The van der Waals surface area contributed by atoms with E-state index in [-0.39, 0.29) is 0 Å². The second-order valence-corrected chi connectivity index (χ2v) is 5.28. The van der Waals surface area contributed by atoms with Crippen LogP contribution in [0.15, 0.2) is 18.5 Å². The molecule has 8 heteroatoms. The molecule has 110 valence electrons. The number of carbonyl (C=O) groups excluding carboxylic acids is 1. The van der Waals surface area contributed by atoms with E-state index in [1.54, 1.807) is 32.3 Å². The number of carboxylic acids is 1. The molecular formula is C13H14N4O3S. The first kappa shape index (κ1) is 15.0. The molecule has 1 atom stereocenters. The van der Waals surface area contributed by atoms with Gasteiger partial charge in [0, 0.05) is 12.4 Å². The fourth-order valence-electron chi connectivity index (χ4n) is 1.67. The SMILES string of the molecule is CCC(NC(=O)c1sc(-c2ncccn2)nc1C)C(=O)O. The van der Waals surface area contributed by atoms with Gasteiger partial charge in [-0.1, -0.05) is 6.92 Å². The second kappa shape index (κ2) is 6.40. The molecule has 0 aliphatic carbocycles. The molecule has 2 aromatic rings. The van der Waals surface area contributed by atoms with Gasteiger partial charge in [0.1, 0.15) is 10.9 Å². The molecule has 0 saturated carbocycles. The van der Waals surface area contributed by atoms with Crippen LogP contribution < -0.4 is 5.32 Å². The number of aryl methyl sites for hydroxylation is 1. The first-order chi connectivity index (χ1) is 10.0. The van der Waals surface area contributed by atoms with E-state index in [2.05, 4.69) is 20.3 Å². The first-order valence-electron chi connectivity index (χ1n) is 6.31. The van der Waals surface area contributed by atoms with Crippen molar-refractivity contribution < 1.29 is 14.7 Å². The van der Waals surface area contributed by atoms with Crippen molar-refractivity contribution in [2.24, 2.45) is 0 Å². The average molecular weight is 306 g/mol. The van der Waals surface area contributed by atoms with Crippen LogP contribution in [0.2, 0.25) is 0 Å². The topological polar surface area (TPSA) is 105 Å². The molecule has 0 aromatic carbocycles. The lowest BCUT2D eigenvalue weighted by Gasteiger charge is -2.11. The molecule has 2 N–H and O–H groups in total. The van der Waals surface area contributed by atoms with Crippen LogP contribution in [0, 0.1) is 6.92 Å². The van der Waals surface area contributed by atoms with Gasteiger partial charge in [-0.05, 0) is 19.4 Å². The summed E-state index contributed by atoms with van der Waals surface area (Å²) in [5.74, 6) is -1.06. The number of hydrogen-bond acceptors (Lipinski definition) is 6. The van der Waals surface area contributed by atoms with Crippen LogP contribution >= 0.6 is 11.3 Å². The summed E-state index contributed by atoms with van der Waals surface area (Å²) in [5.41, 5.74) is 0.528. The number of aromatic nitrogens is 3. The third-order valence-electron chi connectivity index (χ3n) is 2.77. The van der Waals surface area contributed by atoms with E-state index < -0.39 is 17.9 Å². The van der Waals surface area contributed by atoms with Crippen LogP contribution in [0.4, 0.5) is 0 Å². The van der Waals surface area contributed by atoms with E-state index in [4.69, 9.17) is 5.11 Å². The van der Waals surface area contributed by atoms with Crippen molar-refractivity contribution in [2.75, 3.05) is 0 Å². The summed E-state index contributed by atoms with van der Waals surface area (Å²) in [6, 6.07) is 0.784. The van der Waals surface area contributed by atoms with Gasteiger partial charge in [-0.15, -0.1) is 11.3 Å². The third kappa shape index (κ3) is 3.40. The highest BCUT2D eigenvalue weighted by Gasteiger charge is 2.22. The standard InChI is InChI=1S/C13H14N4O3S/c1-3-8(13(19)20)17-11(18)9-7(2)16-12(21-9)10-14-5-4-6-15-10/h4-6,8H,3H2,1-2H3,(H,17,18)(H,19,20). The minimum atomic E-state index is -1.06. The predicted octanol–water partition coefficient (Wildman–Crippen LogP) is 1.50. The molecule has 1 amide bonds. The van der Waals surface area contributed by atoms with Crippen LogP contribution in [0.5, 0.6) is 0 Å². The Kier molecular flexibility index (Phi) is 4.59. The van der Waals surface area contributed by atoms with Gasteiger partial charge in [-0.2, -0.15) is 0 Å². The Morgan fingerprint density at radius 3 is 2.62 bits per heavy atom. The molecule has 1 unspecified atom stereocenters. The van der Waals surface area contributed by atoms with E-state index in [9.17, 15) is 9.59 Å². The van der Waals surface area contributed by atoms with Gasteiger partial charge in [0.05, 0.1) is 5.69 Å². The maximum atomic E-state index is 12.1. The van der Waals surface area contributed by atoms with Gasteiger partial charge >= 0.3 is 5.97 Å². The van der Waals surface area contributed by atoms with Crippen molar-refractivity contribution in [1.82, 2.24) is 20.3 Å². The number of nitrogens with zero attached hydrogens (tertiary/aromatic N) is 3. The number of hydrogen-bond donors (Lipinski definition) is 2. The van der Waals surface area contributed by atoms with Gasteiger partial charge in [0.2, 0.25) is 0 Å². The molecule has 0 fully saturated rings. The molecular weight excluding hydrogens is 292 g/mol. The van der Waals surface area contributed by atoms with Gasteiger partial charge in [-0.25, -0.2) is 19.7 Å². The molecule has 0 aliphatic rings. The minimum absolute atomic E-state index is 0.313. The summed E-state index contributed by atoms with van der Waals surface area (Å²) < 4.78 is 0. The number of aliphatic carboxylic acids is 1. The Hall–Kier alpha value is -2.35. The van der Waals surface area contributed by atoms with Crippen LogP contribution in [0.25, 0.3) is 10.8 Å². The number of thiazole rings is 1. The maximum absolute atomic E-state index is 12.1. The van der Waals surface area contributed by atoms with Crippen molar-refractivity contribution in [2.45, 2.75) is 26.3 Å². The zero-order chi connectivity index (χ0) is 15.4. The van der Waals surface area contributed by atoms with Crippen molar-refractivity contribution in [3.8, 4) is 10.8 Å². The summed E-state index contributed by atoms with van der Waals surface area (Å²) in [4.78, 5) is 35.9. The summed E-state index contributed by atoms with van der Waals surface area (Å²) in [7, 11) is 0. The Balaban J connectivity index is 2.23. The normalized spacial score (nSPS) is 11.9. The monoisotopic (exact) mass is 306 g/mol. The third-order valence-corrected chi connectivity index (χ3v) is 3.92. The van der Waals surface area contributed by atoms with E-state index in [0.29, 0.717) is 27.8 Å². The van der Waals surface area contributed by atoms with Crippen molar-refractivity contribution in [1.29, 1.82) is 0 Å². The maximum Gasteiger partial charge on any atom is 0.326 e. The van der Waals surface area contributed by atoms with Crippen molar-refractivity contribution in [3.05, 3.63) is 29.0 Å². The Labute approximate surface area is 125 Å². The number of rotatable bonds is 5. The number of nitrogens with one attached hydrogen (secondary N) is 1. The zero-order valence-electron chi connectivity index (χ0n) is 11.5. The number of amides is 1. The highest BCUT2D eigenvalue weighted by Crippen LogP contribution is 2.25. The van der Waals surface area contributed by atoms with Gasteiger partial charge in [0.25, 0.3) is 5.91 Å². The molecule has 2 aromatic heterocycles. The predicted molar refractivity (Wildman–Crippen MR) is 77.1 cm³/mol. The van der Waals surface area contributed by atoms with E-state index in [1.165, 1.54) is 0 Å². The molecule has 2 rings (SSSR count).